The summed E-state index contributed by atoms with van der Waals surface area (Å²) in [6.45, 7) is 2.70. The second-order valence-electron chi connectivity index (χ2n) is 6.76. The smallest absolute Gasteiger partial charge is 0.253 e. The predicted molar refractivity (Wildman–Crippen MR) is 114 cm³/mol. The number of rotatable bonds is 4. The summed E-state index contributed by atoms with van der Waals surface area (Å²) in [5.41, 5.74) is 2.28. The van der Waals surface area contributed by atoms with Crippen molar-refractivity contribution in [3.05, 3.63) is 71.2 Å². The van der Waals surface area contributed by atoms with E-state index >= 15 is 0 Å². The Hall–Kier alpha value is -3.12. The van der Waals surface area contributed by atoms with Crippen molar-refractivity contribution in [3.8, 4) is 17.0 Å². The van der Waals surface area contributed by atoms with Gasteiger partial charge in [-0.15, -0.1) is 10.2 Å². The fraction of sp³-hybridized carbons (Fsp3) is 0.227. The molecule has 1 aliphatic rings. The zero-order valence-corrected chi connectivity index (χ0v) is 16.8. The third-order valence-corrected chi connectivity index (χ3v) is 5.36. The normalized spacial score (nSPS) is 14.0. The van der Waals surface area contributed by atoms with E-state index in [4.69, 9.17) is 16.3 Å². The summed E-state index contributed by atoms with van der Waals surface area (Å²) in [6.07, 6.45) is 0. The number of anilines is 1. The largest absolute Gasteiger partial charge is 0.497 e. The van der Waals surface area contributed by atoms with Crippen molar-refractivity contribution in [2.24, 2.45) is 0 Å². The molecule has 6 nitrogen and oxygen atoms in total. The number of aromatic nitrogens is 2. The molecule has 1 saturated heterocycles. The van der Waals surface area contributed by atoms with E-state index in [0.29, 0.717) is 36.8 Å². The number of hydrogen-bond acceptors (Lipinski definition) is 5. The van der Waals surface area contributed by atoms with Crippen LogP contribution in [0.2, 0.25) is 5.02 Å². The van der Waals surface area contributed by atoms with Gasteiger partial charge in [-0.3, -0.25) is 4.79 Å². The van der Waals surface area contributed by atoms with Crippen LogP contribution in [0.15, 0.2) is 60.7 Å². The van der Waals surface area contributed by atoms with Crippen molar-refractivity contribution < 1.29 is 9.53 Å². The molecular formula is C22H21ClN4O2. The van der Waals surface area contributed by atoms with Crippen LogP contribution in [0, 0.1) is 0 Å². The maximum Gasteiger partial charge on any atom is 0.253 e. The lowest BCUT2D eigenvalue weighted by atomic mass is 10.1. The van der Waals surface area contributed by atoms with Crippen molar-refractivity contribution in [2.45, 2.75) is 0 Å². The van der Waals surface area contributed by atoms with E-state index in [0.717, 1.165) is 22.8 Å². The Kier molecular flexibility index (Phi) is 5.62. The number of halogens is 1. The molecule has 0 spiro atoms. The first kappa shape index (κ1) is 19.2. The highest BCUT2D eigenvalue weighted by atomic mass is 35.5. The number of carbonyl (C=O) groups excluding carboxylic acids is 1. The van der Waals surface area contributed by atoms with Crippen LogP contribution in [0.5, 0.6) is 5.75 Å². The average molecular weight is 409 g/mol. The summed E-state index contributed by atoms with van der Waals surface area (Å²) in [5.74, 6) is 1.58. The summed E-state index contributed by atoms with van der Waals surface area (Å²) in [5, 5.41) is 9.35. The lowest BCUT2D eigenvalue weighted by Gasteiger charge is -2.35. The number of amides is 1. The van der Waals surface area contributed by atoms with E-state index in [1.54, 1.807) is 31.4 Å². The molecule has 3 aromatic rings. The fourth-order valence-corrected chi connectivity index (χ4v) is 3.59. The molecule has 0 N–H and O–H groups in total. The first-order valence-electron chi connectivity index (χ1n) is 9.42. The van der Waals surface area contributed by atoms with Crippen molar-refractivity contribution in [3.63, 3.8) is 0 Å². The Bertz CT molecular complexity index is 984. The molecule has 2 aromatic carbocycles. The van der Waals surface area contributed by atoms with Crippen molar-refractivity contribution in [1.29, 1.82) is 0 Å². The van der Waals surface area contributed by atoms with Gasteiger partial charge in [-0.1, -0.05) is 29.8 Å². The van der Waals surface area contributed by atoms with Gasteiger partial charge < -0.3 is 14.5 Å². The summed E-state index contributed by atoms with van der Waals surface area (Å²) >= 11 is 6.24. The first-order chi connectivity index (χ1) is 14.2. The zero-order chi connectivity index (χ0) is 20.2. The molecular weight excluding hydrogens is 388 g/mol. The van der Waals surface area contributed by atoms with Crippen LogP contribution in [0.25, 0.3) is 11.3 Å². The Balaban J connectivity index is 1.39. The molecule has 0 radical (unpaired) electrons. The monoisotopic (exact) mass is 408 g/mol. The van der Waals surface area contributed by atoms with Gasteiger partial charge in [0, 0.05) is 37.3 Å². The van der Waals surface area contributed by atoms with Crippen LogP contribution in [-0.2, 0) is 0 Å². The number of benzene rings is 2. The van der Waals surface area contributed by atoms with Crippen molar-refractivity contribution in [2.75, 3.05) is 38.2 Å². The van der Waals surface area contributed by atoms with Crippen LogP contribution < -0.4 is 9.64 Å². The Labute approximate surface area is 174 Å². The van der Waals surface area contributed by atoms with E-state index in [1.807, 2.05) is 41.3 Å². The molecule has 148 valence electrons. The third-order valence-electron chi connectivity index (χ3n) is 5.03. The van der Waals surface area contributed by atoms with Crippen LogP contribution >= 0.6 is 11.6 Å². The number of ether oxygens (including phenoxy) is 1. The van der Waals surface area contributed by atoms with Gasteiger partial charge in [0.25, 0.3) is 5.91 Å². The van der Waals surface area contributed by atoms with Gasteiger partial charge in [-0.2, -0.15) is 0 Å². The minimum absolute atomic E-state index is 0.0347. The van der Waals surface area contributed by atoms with E-state index in [-0.39, 0.29) is 5.91 Å². The number of carbonyl (C=O) groups is 1. The Morgan fingerprint density at radius 2 is 1.66 bits per heavy atom. The SMILES string of the molecule is COc1ccc(C(=O)N2CCN(c3ccc(-c4ccccc4Cl)nn3)CC2)cc1. The van der Waals surface area contributed by atoms with Crippen LogP contribution in [0.1, 0.15) is 10.4 Å². The highest BCUT2D eigenvalue weighted by Gasteiger charge is 2.23. The topological polar surface area (TPSA) is 58.6 Å². The van der Waals surface area contributed by atoms with Crippen LogP contribution in [-0.4, -0.2) is 54.3 Å². The molecule has 0 bridgehead atoms. The summed E-state index contributed by atoms with van der Waals surface area (Å²) < 4.78 is 5.15. The van der Waals surface area contributed by atoms with Crippen LogP contribution in [0.4, 0.5) is 5.82 Å². The molecule has 0 unspecified atom stereocenters. The van der Waals surface area contributed by atoms with Gasteiger partial charge in [0.2, 0.25) is 0 Å². The molecule has 1 aliphatic heterocycles. The number of methoxy groups -OCH3 is 1. The Morgan fingerprint density at radius 1 is 0.931 bits per heavy atom. The molecule has 0 atom stereocenters. The first-order valence-corrected chi connectivity index (χ1v) is 9.80. The van der Waals surface area contributed by atoms with Gasteiger partial charge in [0.1, 0.15) is 5.75 Å². The van der Waals surface area contributed by atoms with Gasteiger partial charge in [-0.05, 0) is 42.5 Å². The second kappa shape index (κ2) is 8.49. The van der Waals surface area contributed by atoms with E-state index < -0.39 is 0 Å². The van der Waals surface area contributed by atoms with Crippen molar-refractivity contribution >= 4 is 23.3 Å². The zero-order valence-electron chi connectivity index (χ0n) is 16.1. The molecule has 0 saturated carbocycles. The van der Waals surface area contributed by atoms with E-state index in [2.05, 4.69) is 15.1 Å². The predicted octanol–water partition coefficient (Wildman–Crippen LogP) is 3.77. The summed E-state index contributed by atoms with van der Waals surface area (Å²) in [4.78, 5) is 16.7. The van der Waals surface area contributed by atoms with E-state index in [9.17, 15) is 4.79 Å². The highest BCUT2D eigenvalue weighted by molar-refractivity contribution is 6.33. The maximum absolute atomic E-state index is 12.7. The molecule has 1 amide bonds. The average Bonchev–Trinajstić information content (AvgIpc) is 2.79. The maximum atomic E-state index is 12.7. The Morgan fingerprint density at radius 3 is 2.28 bits per heavy atom. The lowest BCUT2D eigenvalue weighted by molar-refractivity contribution is 0.0746. The minimum Gasteiger partial charge on any atom is -0.497 e. The molecule has 1 aromatic heterocycles. The van der Waals surface area contributed by atoms with Gasteiger partial charge >= 0.3 is 0 Å². The summed E-state index contributed by atoms with van der Waals surface area (Å²) in [6, 6.07) is 18.7. The molecule has 2 heterocycles. The van der Waals surface area contributed by atoms with Gasteiger partial charge in [0.15, 0.2) is 5.82 Å². The second-order valence-corrected chi connectivity index (χ2v) is 7.17. The molecule has 0 aliphatic carbocycles. The third kappa shape index (κ3) is 4.17. The number of piperazine rings is 1. The number of nitrogens with zero attached hydrogens (tertiary/aromatic N) is 4. The molecule has 4 rings (SSSR count). The van der Waals surface area contributed by atoms with E-state index in [1.165, 1.54) is 0 Å². The minimum atomic E-state index is 0.0347. The lowest BCUT2D eigenvalue weighted by Crippen LogP contribution is -2.49. The standard InChI is InChI=1S/C22H21ClN4O2/c1-29-17-8-6-16(7-9-17)22(28)27-14-12-26(13-15-27)21-11-10-20(24-25-21)18-4-2-3-5-19(18)23/h2-11H,12-15H2,1H3. The van der Waals surface area contributed by atoms with Gasteiger partial charge in [0.05, 0.1) is 17.8 Å². The van der Waals surface area contributed by atoms with Crippen LogP contribution in [0.3, 0.4) is 0 Å². The van der Waals surface area contributed by atoms with Gasteiger partial charge in [-0.25, -0.2) is 0 Å². The summed E-state index contributed by atoms with van der Waals surface area (Å²) in [7, 11) is 1.61. The molecule has 1 fully saturated rings. The number of hydrogen-bond donors (Lipinski definition) is 0. The quantitative estimate of drug-likeness (QED) is 0.657. The highest BCUT2D eigenvalue weighted by Crippen LogP contribution is 2.26. The molecule has 29 heavy (non-hydrogen) atoms. The van der Waals surface area contributed by atoms with Crippen molar-refractivity contribution in [1.82, 2.24) is 15.1 Å². The molecule has 7 heteroatoms. The fourth-order valence-electron chi connectivity index (χ4n) is 3.36.